The van der Waals surface area contributed by atoms with E-state index in [0.29, 0.717) is 49.9 Å². The molecule has 1 saturated heterocycles. The first-order valence-electron chi connectivity index (χ1n) is 11.4. The van der Waals surface area contributed by atoms with Crippen LogP contribution in [0.2, 0.25) is 0 Å². The molecule has 2 heterocycles. The van der Waals surface area contributed by atoms with Crippen molar-refractivity contribution in [1.29, 1.82) is 0 Å². The van der Waals surface area contributed by atoms with Crippen LogP contribution >= 0.6 is 0 Å². The lowest BCUT2D eigenvalue weighted by Gasteiger charge is -2.37. The zero-order valence-electron chi connectivity index (χ0n) is 18.8. The number of carbonyl (C=O) groups excluding carboxylic acids is 2. The number of amides is 2. The molecule has 0 bridgehead atoms. The van der Waals surface area contributed by atoms with Crippen molar-refractivity contribution in [1.82, 2.24) is 4.90 Å². The van der Waals surface area contributed by atoms with E-state index in [1.807, 2.05) is 60.7 Å². The monoisotopic (exact) mass is 458 g/mol. The van der Waals surface area contributed by atoms with Crippen LogP contribution in [0.25, 0.3) is 0 Å². The van der Waals surface area contributed by atoms with Crippen molar-refractivity contribution in [3.63, 3.8) is 0 Å². The van der Waals surface area contributed by atoms with Crippen molar-refractivity contribution in [2.45, 2.75) is 12.7 Å². The van der Waals surface area contributed by atoms with Gasteiger partial charge in [0, 0.05) is 18.7 Å². The molecule has 7 heteroatoms. The molecule has 174 valence electrons. The number of morpholine rings is 1. The first-order chi connectivity index (χ1) is 16.7. The molecule has 0 radical (unpaired) electrons. The Morgan fingerprint density at radius 3 is 2.35 bits per heavy atom. The van der Waals surface area contributed by atoms with Crippen LogP contribution < -0.4 is 14.4 Å². The Hall–Kier alpha value is -3.84. The third-order valence-corrected chi connectivity index (χ3v) is 5.97. The number of hydrogen-bond acceptors (Lipinski definition) is 5. The van der Waals surface area contributed by atoms with Gasteiger partial charge in [-0.15, -0.1) is 0 Å². The summed E-state index contributed by atoms with van der Waals surface area (Å²) in [5, 5.41) is 0. The fourth-order valence-electron chi connectivity index (χ4n) is 4.13. The fraction of sp³-hybridized carbons (Fsp3) is 0.259. The van der Waals surface area contributed by atoms with Gasteiger partial charge >= 0.3 is 0 Å². The highest BCUT2D eigenvalue weighted by Crippen LogP contribution is 2.34. The number of para-hydroxylation sites is 3. The van der Waals surface area contributed by atoms with E-state index in [2.05, 4.69) is 0 Å². The van der Waals surface area contributed by atoms with Crippen LogP contribution in [-0.2, 0) is 16.1 Å². The Kier molecular flexibility index (Phi) is 6.44. The van der Waals surface area contributed by atoms with E-state index < -0.39 is 6.10 Å². The van der Waals surface area contributed by atoms with Crippen LogP contribution in [-0.4, -0.2) is 55.7 Å². The summed E-state index contributed by atoms with van der Waals surface area (Å²) in [4.78, 5) is 30.0. The molecule has 1 unspecified atom stereocenters. The minimum atomic E-state index is -0.754. The minimum absolute atomic E-state index is 0.121. The second-order valence-electron chi connectivity index (χ2n) is 8.23. The summed E-state index contributed by atoms with van der Waals surface area (Å²) in [5.74, 6) is 1.03. The van der Waals surface area contributed by atoms with Crippen molar-refractivity contribution >= 4 is 17.5 Å². The summed E-state index contributed by atoms with van der Waals surface area (Å²) < 4.78 is 17.2. The molecule has 2 aliphatic heterocycles. The van der Waals surface area contributed by atoms with Crippen LogP contribution in [0.15, 0.2) is 78.9 Å². The smallest absolute Gasteiger partial charge is 0.265 e. The van der Waals surface area contributed by atoms with Gasteiger partial charge in [0.25, 0.3) is 11.8 Å². The van der Waals surface area contributed by atoms with E-state index in [1.54, 1.807) is 28.0 Å². The van der Waals surface area contributed by atoms with E-state index in [4.69, 9.17) is 14.2 Å². The molecule has 0 spiro atoms. The SMILES string of the molecule is O=C(C1CN(C(=O)c2ccc(COc3ccccc3)cc2)c2ccccc2O1)N1CCOCC1. The molecular formula is C27H26N2O5. The van der Waals surface area contributed by atoms with Gasteiger partial charge in [0.1, 0.15) is 18.1 Å². The van der Waals surface area contributed by atoms with E-state index in [-0.39, 0.29) is 18.4 Å². The lowest BCUT2D eigenvalue weighted by Crippen LogP contribution is -2.54. The van der Waals surface area contributed by atoms with Crippen LogP contribution in [0.4, 0.5) is 5.69 Å². The zero-order valence-corrected chi connectivity index (χ0v) is 18.8. The van der Waals surface area contributed by atoms with Crippen molar-refractivity contribution in [2.75, 3.05) is 37.7 Å². The third kappa shape index (κ3) is 4.75. The molecular weight excluding hydrogens is 432 g/mol. The molecule has 5 rings (SSSR count). The Bertz CT molecular complexity index is 1140. The normalized spacial score (nSPS) is 17.5. The van der Waals surface area contributed by atoms with Gasteiger partial charge in [-0.1, -0.05) is 42.5 Å². The van der Waals surface area contributed by atoms with Crippen molar-refractivity contribution in [2.24, 2.45) is 0 Å². The molecule has 0 aliphatic carbocycles. The quantitative estimate of drug-likeness (QED) is 0.585. The Balaban J connectivity index is 1.32. The second-order valence-corrected chi connectivity index (χ2v) is 8.23. The fourth-order valence-corrected chi connectivity index (χ4v) is 4.13. The highest BCUT2D eigenvalue weighted by molar-refractivity contribution is 6.07. The maximum absolute atomic E-state index is 13.5. The van der Waals surface area contributed by atoms with Gasteiger partial charge in [0.2, 0.25) is 0 Å². The van der Waals surface area contributed by atoms with Gasteiger partial charge in [0.15, 0.2) is 6.10 Å². The molecule has 3 aromatic rings. The molecule has 0 N–H and O–H groups in total. The second kappa shape index (κ2) is 9.97. The van der Waals surface area contributed by atoms with Crippen LogP contribution in [0.1, 0.15) is 15.9 Å². The Morgan fingerprint density at radius 2 is 1.59 bits per heavy atom. The van der Waals surface area contributed by atoms with Crippen LogP contribution in [0, 0.1) is 0 Å². The summed E-state index contributed by atoms with van der Waals surface area (Å²) in [6.45, 7) is 2.65. The Labute approximate surface area is 198 Å². The molecule has 3 aromatic carbocycles. The molecule has 1 atom stereocenters. The third-order valence-electron chi connectivity index (χ3n) is 5.97. The summed E-state index contributed by atoms with van der Waals surface area (Å²) in [6.07, 6.45) is -0.754. The van der Waals surface area contributed by atoms with Crippen LogP contribution in [0.3, 0.4) is 0 Å². The number of fused-ring (bicyclic) bond motifs is 1. The number of nitrogens with zero attached hydrogens (tertiary/aromatic N) is 2. The maximum Gasteiger partial charge on any atom is 0.265 e. The number of anilines is 1. The van der Waals surface area contributed by atoms with Gasteiger partial charge in [-0.3, -0.25) is 9.59 Å². The van der Waals surface area contributed by atoms with Gasteiger partial charge in [-0.2, -0.15) is 0 Å². The summed E-state index contributed by atoms with van der Waals surface area (Å²) in [7, 11) is 0. The Morgan fingerprint density at radius 1 is 0.882 bits per heavy atom. The summed E-state index contributed by atoms with van der Waals surface area (Å²) in [5.41, 5.74) is 2.16. The first kappa shape index (κ1) is 22.0. The standard InChI is InChI=1S/C27H26N2O5/c30-26(21-12-10-20(11-13-21)19-33-22-6-2-1-3-7-22)29-18-25(27(31)28-14-16-32-17-15-28)34-24-9-5-4-8-23(24)29/h1-13,25H,14-19H2. The number of rotatable bonds is 5. The average molecular weight is 459 g/mol. The van der Waals surface area contributed by atoms with Crippen LogP contribution in [0.5, 0.6) is 11.5 Å². The zero-order chi connectivity index (χ0) is 23.3. The van der Waals surface area contributed by atoms with E-state index in [0.717, 1.165) is 11.3 Å². The maximum atomic E-state index is 13.5. The highest BCUT2D eigenvalue weighted by Gasteiger charge is 2.36. The summed E-state index contributed by atoms with van der Waals surface area (Å²) in [6, 6.07) is 24.3. The van der Waals surface area contributed by atoms with E-state index >= 15 is 0 Å². The molecule has 2 amide bonds. The van der Waals surface area contributed by atoms with Gasteiger partial charge in [-0.05, 0) is 42.0 Å². The number of benzene rings is 3. The largest absolute Gasteiger partial charge is 0.489 e. The predicted octanol–water partition coefficient (Wildman–Crippen LogP) is 3.53. The first-order valence-corrected chi connectivity index (χ1v) is 11.4. The number of ether oxygens (including phenoxy) is 3. The molecule has 2 aliphatic rings. The topological polar surface area (TPSA) is 68.3 Å². The molecule has 1 fully saturated rings. The van der Waals surface area contributed by atoms with Crippen molar-refractivity contribution in [3.05, 3.63) is 90.0 Å². The lowest BCUT2D eigenvalue weighted by atomic mass is 10.1. The average Bonchev–Trinajstić information content (AvgIpc) is 2.92. The van der Waals surface area contributed by atoms with E-state index in [1.165, 1.54) is 0 Å². The highest BCUT2D eigenvalue weighted by atomic mass is 16.5. The molecule has 7 nitrogen and oxygen atoms in total. The molecule has 34 heavy (non-hydrogen) atoms. The molecule has 0 aromatic heterocycles. The van der Waals surface area contributed by atoms with Gasteiger partial charge < -0.3 is 24.0 Å². The van der Waals surface area contributed by atoms with Gasteiger partial charge in [-0.25, -0.2) is 0 Å². The lowest BCUT2D eigenvalue weighted by molar-refractivity contribution is -0.142. The number of hydrogen-bond donors (Lipinski definition) is 0. The minimum Gasteiger partial charge on any atom is -0.489 e. The molecule has 0 saturated carbocycles. The van der Waals surface area contributed by atoms with Crippen molar-refractivity contribution in [3.8, 4) is 11.5 Å². The van der Waals surface area contributed by atoms with Crippen molar-refractivity contribution < 1.29 is 23.8 Å². The van der Waals surface area contributed by atoms with Gasteiger partial charge in [0.05, 0.1) is 25.4 Å². The predicted molar refractivity (Wildman–Crippen MR) is 127 cm³/mol. The number of carbonyl (C=O) groups is 2. The summed E-state index contributed by atoms with van der Waals surface area (Å²) >= 11 is 0. The van der Waals surface area contributed by atoms with E-state index in [9.17, 15) is 9.59 Å².